The lowest BCUT2D eigenvalue weighted by molar-refractivity contribution is 0.376. The van der Waals surface area contributed by atoms with Crippen molar-refractivity contribution in [3.63, 3.8) is 0 Å². The van der Waals surface area contributed by atoms with Crippen molar-refractivity contribution in [3.8, 4) is 0 Å². The molecule has 1 fully saturated rings. The van der Waals surface area contributed by atoms with Gasteiger partial charge in [-0.3, -0.25) is 4.98 Å². The molecule has 1 N–H and O–H groups in total. The molecule has 1 aromatic heterocycles. The molecule has 4 rings (SSSR count). The van der Waals surface area contributed by atoms with Crippen LogP contribution in [0.2, 0.25) is 0 Å². The second-order valence-electron chi connectivity index (χ2n) is 6.98. The Kier molecular flexibility index (Phi) is 5.20. The maximum atomic E-state index is 13.4. The predicted molar refractivity (Wildman–Crippen MR) is 107 cm³/mol. The number of fused-ring (bicyclic) bond motifs is 1. The summed E-state index contributed by atoms with van der Waals surface area (Å²) in [4.78, 5) is 4.47. The van der Waals surface area contributed by atoms with Crippen molar-refractivity contribution in [1.82, 2.24) is 14.6 Å². The van der Waals surface area contributed by atoms with Crippen molar-refractivity contribution in [1.29, 1.82) is 0 Å². The summed E-state index contributed by atoms with van der Waals surface area (Å²) in [6.07, 6.45) is 4.21. The SMILES string of the molecule is O=S(=O)(c1cccc2cnccc12)N1CCNCC(Cc2ccccc2)C1. The first kappa shape index (κ1) is 18.1. The van der Waals surface area contributed by atoms with Crippen LogP contribution in [0.15, 0.2) is 71.9 Å². The molecule has 1 aliphatic rings. The number of sulfonamides is 1. The zero-order chi connectivity index (χ0) is 18.7. The standard InChI is InChI=1S/C21H23N3O2S/c25-27(26,21-8-4-7-19-15-22-10-9-20(19)21)24-12-11-23-14-18(16-24)13-17-5-2-1-3-6-17/h1-10,15,18,23H,11-14,16H2. The molecule has 2 aromatic carbocycles. The molecular weight excluding hydrogens is 358 g/mol. The van der Waals surface area contributed by atoms with Gasteiger partial charge in [0.05, 0.1) is 4.90 Å². The minimum absolute atomic E-state index is 0.237. The highest BCUT2D eigenvalue weighted by Gasteiger charge is 2.30. The Morgan fingerprint density at radius 2 is 1.93 bits per heavy atom. The van der Waals surface area contributed by atoms with Crippen LogP contribution in [0.3, 0.4) is 0 Å². The zero-order valence-electron chi connectivity index (χ0n) is 15.1. The highest BCUT2D eigenvalue weighted by Crippen LogP contribution is 2.26. The van der Waals surface area contributed by atoms with Gasteiger partial charge in [-0.1, -0.05) is 42.5 Å². The van der Waals surface area contributed by atoms with Crippen LogP contribution in [0, 0.1) is 5.92 Å². The average molecular weight is 382 g/mol. The third kappa shape index (κ3) is 3.88. The first-order valence-electron chi connectivity index (χ1n) is 9.22. The lowest BCUT2D eigenvalue weighted by atomic mass is 9.99. The summed E-state index contributed by atoms with van der Waals surface area (Å²) in [6.45, 7) is 2.48. The maximum absolute atomic E-state index is 13.4. The maximum Gasteiger partial charge on any atom is 0.243 e. The van der Waals surface area contributed by atoms with Crippen molar-refractivity contribution < 1.29 is 8.42 Å². The number of nitrogens with zero attached hydrogens (tertiary/aromatic N) is 2. The van der Waals surface area contributed by atoms with Gasteiger partial charge in [0.2, 0.25) is 10.0 Å². The summed E-state index contributed by atoms with van der Waals surface area (Å²) in [5.74, 6) is 0.237. The number of nitrogens with one attached hydrogen (secondary N) is 1. The summed E-state index contributed by atoms with van der Waals surface area (Å²) in [5, 5.41) is 4.96. The van der Waals surface area contributed by atoms with Crippen molar-refractivity contribution in [2.45, 2.75) is 11.3 Å². The fourth-order valence-corrected chi connectivity index (χ4v) is 5.44. The molecule has 0 amide bonds. The van der Waals surface area contributed by atoms with E-state index in [4.69, 9.17) is 0 Å². The van der Waals surface area contributed by atoms with Gasteiger partial charge < -0.3 is 5.32 Å². The molecule has 5 nitrogen and oxygen atoms in total. The second kappa shape index (κ2) is 7.76. The van der Waals surface area contributed by atoms with Crippen LogP contribution in [0.4, 0.5) is 0 Å². The molecule has 3 aromatic rings. The molecule has 1 saturated heterocycles. The van der Waals surface area contributed by atoms with Crippen molar-refractivity contribution in [2.24, 2.45) is 5.92 Å². The molecule has 0 spiro atoms. The van der Waals surface area contributed by atoms with E-state index < -0.39 is 10.0 Å². The fraction of sp³-hybridized carbons (Fsp3) is 0.286. The van der Waals surface area contributed by atoms with E-state index in [-0.39, 0.29) is 5.92 Å². The Hall–Kier alpha value is -2.28. The fourth-order valence-electron chi connectivity index (χ4n) is 3.71. The Morgan fingerprint density at radius 3 is 2.78 bits per heavy atom. The minimum atomic E-state index is -3.57. The van der Waals surface area contributed by atoms with Crippen LogP contribution in [0.5, 0.6) is 0 Å². The molecule has 1 aliphatic heterocycles. The number of rotatable bonds is 4. The molecule has 6 heteroatoms. The lowest BCUT2D eigenvalue weighted by Crippen LogP contribution is -2.36. The summed E-state index contributed by atoms with van der Waals surface area (Å²) < 4.78 is 28.5. The van der Waals surface area contributed by atoms with E-state index in [0.29, 0.717) is 24.5 Å². The van der Waals surface area contributed by atoms with Gasteiger partial charge in [0.15, 0.2) is 0 Å². The van der Waals surface area contributed by atoms with E-state index in [9.17, 15) is 8.42 Å². The molecule has 0 bridgehead atoms. The number of benzene rings is 2. The number of hydrogen-bond donors (Lipinski definition) is 1. The van der Waals surface area contributed by atoms with Gasteiger partial charge in [-0.05, 0) is 36.6 Å². The molecule has 140 valence electrons. The number of pyridine rings is 1. The third-order valence-electron chi connectivity index (χ3n) is 5.06. The van der Waals surface area contributed by atoms with E-state index in [0.717, 1.165) is 23.7 Å². The summed E-state index contributed by atoms with van der Waals surface area (Å²) in [7, 11) is -3.57. The first-order valence-corrected chi connectivity index (χ1v) is 10.7. The highest BCUT2D eigenvalue weighted by molar-refractivity contribution is 7.89. The predicted octanol–water partition coefficient (Wildman–Crippen LogP) is 2.69. The average Bonchev–Trinajstić information content (AvgIpc) is 2.94. The van der Waals surface area contributed by atoms with Crippen LogP contribution < -0.4 is 5.32 Å². The van der Waals surface area contributed by atoms with Crippen molar-refractivity contribution >= 4 is 20.8 Å². The summed E-state index contributed by atoms with van der Waals surface area (Å²) >= 11 is 0. The Morgan fingerprint density at radius 1 is 1.07 bits per heavy atom. The van der Waals surface area contributed by atoms with Gasteiger partial charge >= 0.3 is 0 Å². The van der Waals surface area contributed by atoms with Crippen LogP contribution in [0.25, 0.3) is 10.8 Å². The van der Waals surface area contributed by atoms with E-state index >= 15 is 0 Å². The van der Waals surface area contributed by atoms with Gasteiger partial charge in [-0.2, -0.15) is 4.31 Å². The van der Waals surface area contributed by atoms with E-state index in [1.165, 1.54) is 5.56 Å². The monoisotopic (exact) mass is 381 g/mol. The van der Waals surface area contributed by atoms with Gasteiger partial charge in [-0.25, -0.2) is 8.42 Å². The highest BCUT2D eigenvalue weighted by atomic mass is 32.2. The molecule has 2 heterocycles. The minimum Gasteiger partial charge on any atom is -0.315 e. The molecule has 27 heavy (non-hydrogen) atoms. The zero-order valence-corrected chi connectivity index (χ0v) is 15.9. The normalized spacial score (nSPS) is 19.0. The molecule has 1 unspecified atom stereocenters. The quantitative estimate of drug-likeness (QED) is 0.755. The topological polar surface area (TPSA) is 62.3 Å². The number of hydrogen-bond acceptors (Lipinski definition) is 4. The molecule has 1 atom stereocenters. The van der Waals surface area contributed by atoms with Crippen molar-refractivity contribution in [2.75, 3.05) is 26.2 Å². The smallest absolute Gasteiger partial charge is 0.243 e. The van der Waals surface area contributed by atoms with Gasteiger partial charge in [0, 0.05) is 42.8 Å². The van der Waals surface area contributed by atoms with Crippen LogP contribution >= 0.6 is 0 Å². The Labute approximate surface area is 160 Å². The molecule has 0 saturated carbocycles. The van der Waals surface area contributed by atoms with Gasteiger partial charge in [0.1, 0.15) is 0 Å². The second-order valence-corrected chi connectivity index (χ2v) is 8.88. The van der Waals surface area contributed by atoms with Crippen LogP contribution in [0.1, 0.15) is 5.56 Å². The summed E-state index contributed by atoms with van der Waals surface area (Å²) in [6, 6.07) is 17.4. The van der Waals surface area contributed by atoms with E-state index in [2.05, 4.69) is 22.4 Å². The number of aromatic nitrogens is 1. The first-order chi connectivity index (χ1) is 13.1. The molecule has 0 aliphatic carbocycles. The third-order valence-corrected chi connectivity index (χ3v) is 6.98. The lowest BCUT2D eigenvalue weighted by Gasteiger charge is -2.24. The summed E-state index contributed by atoms with van der Waals surface area (Å²) in [5.41, 5.74) is 1.24. The van der Waals surface area contributed by atoms with Gasteiger partial charge in [-0.15, -0.1) is 0 Å². The van der Waals surface area contributed by atoms with Crippen LogP contribution in [-0.2, 0) is 16.4 Å². The van der Waals surface area contributed by atoms with Gasteiger partial charge in [0.25, 0.3) is 0 Å². The van der Waals surface area contributed by atoms with Crippen molar-refractivity contribution in [3.05, 3.63) is 72.6 Å². The Bertz CT molecular complexity index is 1020. The Balaban J connectivity index is 1.63. The van der Waals surface area contributed by atoms with E-state index in [1.807, 2.05) is 24.3 Å². The van der Waals surface area contributed by atoms with Crippen LogP contribution in [-0.4, -0.2) is 43.9 Å². The largest absolute Gasteiger partial charge is 0.315 e. The molecule has 0 radical (unpaired) electrons. The van der Waals surface area contributed by atoms with E-state index in [1.54, 1.807) is 34.9 Å². The molecular formula is C21H23N3O2S.